The lowest BCUT2D eigenvalue weighted by Crippen LogP contribution is -2.21. The summed E-state index contributed by atoms with van der Waals surface area (Å²) in [7, 11) is 0. The fraction of sp³-hybridized carbons (Fsp3) is 1.00. The van der Waals surface area contributed by atoms with Crippen LogP contribution in [0.1, 0.15) is 58.8 Å². The van der Waals surface area contributed by atoms with E-state index in [-0.39, 0.29) is 67.9 Å². The van der Waals surface area contributed by atoms with Crippen molar-refractivity contribution in [3.63, 3.8) is 0 Å². The quantitative estimate of drug-likeness (QED) is 0.171. The van der Waals surface area contributed by atoms with Gasteiger partial charge in [-0.2, -0.15) is 0 Å². The molecule has 25 heavy (non-hydrogen) atoms. The van der Waals surface area contributed by atoms with Crippen molar-refractivity contribution in [2.75, 3.05) is 52.4 Å². The average molecular weight is 624 g/mol. The third kappa shape index (κ3) is 37.2. The van der Waals surface area contributed by atoms with Gasteiger partial charge in [0.15, 0.2) is 0 Å². The summed E-state index contributed by atoms with van der Waals surface area (Å²) < 4.78 is 0. The van der Waals surface area contributed by atoms with Crippen LogP contribution in [-0.4, -0.2) is 52.4 Å². The molecule has 8 heteroatoms. The summed E-state index contributed by atoms with van der Waals surface area (Å²) in [5.74, 6) is 0. The minimum Gasteiger partial charge on any atom is -0.317 e. The van der Waals surface area contributed by atoms with Crippen LogP contribution in [0.5, 0.6) is 0 Å². The molecule has 0 aliphatic rings. The minimum absolute atomic E-state index is 0. The molecule has 0 aromatic carbocycles. The van der Waals surface area contributed by atoms with Gasteiger partial charge >= 0.3 is 0 Å². The smallest absolute Gasteiger partial charge is 0.00484 e. The first-order valence-electron chi connectivity index (χ1n) is 9.24. The Labute approximate surface area is 199 Å². The summed E-state index contributed by atoms with van der Waals surface area (Å²) in [5.41, 5.74) is 0. The van der Waals surface area contributed by atoms with E-state index in [4.69, 9.17) is 0 Å². The van der Waals surface area contributed by atoms with Crippen molar-refractivity contribution in [1.82, 2.24) is 21.3 Å². The summed E-state index contributed by atoms with van der Waals surface area (Å²) in [6, 6.07) is 0. The molecule has 0 heterocycles. The SMILES string of the molecule is Br.Br.Br.Br.CCNCCCCNCCCCCNCCCCNCC. The van der Waals surface area contributed by atoms with E-state index in [1.165, 1.54) is 84.2 Å². The molecule has 160 valence electrons. The van der Waals surface area contributed by atoms with Crippen LogP contribution in [0.2, 0.25) is 0 Å². The van der Waals surface area contributed by atoms with Crippen LogP contribution in [0.25, 0.3) is 0 Å². The van der Waals surface area contributed by atoms with Gasteiger partial charge in [0.25, 0.3) is 0 Å². The number of nitrogens with one attached hydrogen (secondary N) is 4. The summed E-state index contributed by atoms with van der Waals surface area (Å²) in [6.07, 6.45) is 9.14. The molecule has 0 aliphatic heterocycles. The molecule has 0 unspecified atom stereocenters. The molecular formula is C17H44Br4N4. The van der Waals surface area contributed by atoms with E-state index in [2.05, 4.69) is 35.1 Å². The first-order valence-corrected chi connectivity index (χ1v) is 9.24. The molecule has 0 aliphatic carbocycles. The molecule has 0 amide bonds. The van der Waals surface area contributed by atoms with Crippen molar-refractivity contribution in [3.8, 4) is 0 Å². The fourth-order valence-corrected chi connectivity index (χ4v) is 2.28. The maximum absolute atomic E-state index is 3.54. The highest BCUT2D eigenvalue weighted by Gasteiger charge is 1.92. The molecule has 0 atom stereocenters. The van der Waals surface area contributed by atoms with E-state index < -0.39 is 0 Å². The van der Waals surface area contributed by atoms with Gasteiger partial charge in [-0.25, -0.2) is 0 Å². The maximum Gasteiger partial charge on any atom is -0.00484 e. The highest BCUT2D eigenvalue weighted by Crippen LogP contribution is 1.93. The van der Waals surface area contributed by atoms with Gasteiger partial charge in [-0.05, 0) is 90.9 Å². The normalized spacial score (nSPS) is 9.36. The number of halogens is 4. The molecule has 0 spiro atoms. The Balaban J connectivity index is -0.000000333. The summed E-state index contributed by atoms with van der Waals surface area (Å²) in [6.45, 7) is 13.6. The predicted molar refractivity (Wildman–Crippen MR) is 136 cm³/mol. The van der Waals surface area contributed by atoms with Crippen LogP contribution in [0.3, 0.4) is 0 Å². The van der Waals surface area contributed by atoms with Crippen LogP contribution in [0.15, 0.2) is 0 Å². The van der Waals surface area contributed by atoms with Gasteiger partial charge in [-0.15, -0.1) is 67.9 Å². The molecular weight excluding hydrogens is 580 g/mol. The van der Waals surface area contributed by atoms with E-state index in [9.17, 15) is 0 Å². The molecule has 0 bridgehead atoms. The Bertz CT molecular complexity index is 174. The highest BCUT2D eigenvalue weighted by molar-refractivity contribution is 8.93. The maximum atomic E-state index is 3.54. The van der Waals surface area contributed by atoms with Crippen molar-refractivity contribution in [1.29, 1.82) is 0 Å². The fourth-order valence-electron chi connectivity index (χ4n) is 2.28. The van der Waals surface area contributed by atoms with E-state index in [0.29, 0.717) is 0 Å². The Kier molecular flexibility index (Phi) is 55.0. The van der Waals surface area contributed by atoms with Crippen molar-refractivity contribution in [3.05, 3.63) is 0 Å². The van der Waals surface area contributed by atoms with Crippen molar-refractivity contribution in [2.24, 2.45) is 0 Å². The largest absolute Gasteiger partial charge is 0.317 e. The highest BCUT2D eigenvalue weighted by atomic mass is 79.9. The summed E-state index contributed by atoms with van der Waals surface area (Å²) >= 11 is 0. The van der Waals surface area contributed by atoms with E-state index >= 15 is 0 Å². The summed E-state index contributed by atoms with van der Waals surface area (Å²) in [4.78, 5) is 0. The Morgan fingerprint density at radius 1 is 0.360 bits per heavy atom. The van der Waals surface area contributed by atoms with Crippen LogP contribution in [0, 0.1) is 0 Å². The summed E-state index contributed by atoms with van der Waals surface area (Å²) in [5, 5.41) is 13.8. The van der Waals surface area contributed by atoms with E-state index in [1.807, 2.05) is 0 Å². The van der Waals surface area contributed by atoms with Crippen molar-refractivity contribution in [2.45, 2.75) is 58.8 Å². The first kappa shape index (κ1) is 37.5. The number of unbranched alkanes of at least 4 members (excludes halogenated alkanes) is 4. The Morgan fingerprint density at radius 3 is 0.880 bits per heavy atom. The molecule has 0 rings (SSSR count). The van der Waals surface area contributed by atoms with Crippen LogP contribution >= 0.6 is 67.9 Å². The van der Waals surface area contributed by atoms with Gasteiger partial charge < -0.3 is 21.3 Å². The average Bonchev–Trinajstić information content (AvgIpc) is 2.50. The van der Waals surface area contributed by atoms with E-state index in [0.717, 1.165) is 13.1 Å². The third-order valence-corrected chi connectivity index (χ3v) is 3.62. The molecule has 0 radical (unpaired) electrons. The second kappa shape index (κ2) is 36.6. The van der Waals surface area contributed by atoms with Crippen LogP contribution < -0.4 is 21.3 Å². The van der Waals surface area contributed by atoms with Crippen molar-refractivity contribution < 1.29 is 0 Å². The van der Waals surface area contributed by atoms with Crippen LogP contribution in [-0.2, 0) is 0 Å². The minimum atomic E-state index is 0. The van der Waals surface area contributed by atoms with Crippen molar-refractivity contribution >= 4 is 67.9 Å². The second-order valence-corrected chi connectivity index (χ2v) is 5.68. The molecule has 4 nitrogen and oxygen atoms in total. The standard InChI is InChI=1S/C17H40N4.4BrH/c1-3-18-12-8-10-16-20-14-6-5-7-15-21-17-11-9-13-19-4-2;;;;/h18-21H,3-17H2,1-2H3;4*1H. The molecule has 0 fully saturated rings. The zero-order valence-corrected chi connectivity index (χ0v) is 23.1. The molecule has 0 aromatic rings. The van der Waals surface area contributed by atoms with Gasteiger partial charge in [-0.1, -0.05) is 20.3 Å². The molecule has 4 N–H and O–H groups in total. The molecule has 0 saturated heterocycles. The van der Waals surface area contributed by atoms with Gasteiger partial charge in [0.05, 0.1) is 0 Å². The lowest BCUT2D eigenvalue weighted by Gasteiger charge is -2.06. The Morgan fingerprint density at radius 2 is 0.600 bits per heavy atom. The predicted octanol–water partition coefficient (Wildman–Crippen LogP) is 4.43. The van der Waals surface area contributed by atoms with Gasteiger partial charge in [-0.3, -0.25) is 0 Å². The number of rotatable bonds is 18. The lowest BCUT2D eigenvalue weighted by atomic mass is 10.2. The zero-order valence-electron chi connectivity index (χ0n) is 16.2. The lowest BCUT2D eigenvalue weighted by molar-refractivity contribution is 0.541. The van der Waals surface area contributed by atoms with Gasteiger partial charge in [0.1, 0.15) is 0 Å². The van der Waals surface area contributed by atoms with E-state index in [1.54, 1.807) is 0 Å². The Hall–Kier alpha value is 1.76. The molecule has 0 saturated carbocycles. The van der Waals surface area contributed by atoms with Gasteiger partial charge in [0.2, 0.25) is 0 Å². The third-order valence-electron chi connectivity index (χ3n) is 3.62. The number of hydrogen-bond donors (Lipinski definition) is 4. The number of hydrogen-bond acceptors (Lipinski definition) is 4. The first-order chi connectivity index (χ1) is 10.4. The van der Waals surface area contributed by atoms with Gasteiger partial charge in [0, 0.05) is 0 Å². The monoisotopic (exact) mass is 620 g/mol. The topological polar surface area (TPSA) is 48.1 Å². The second-order valence-electron chi connectivity index (χ2n) is 5.68. The molecule has 0 aromatic heterocycles. The zero-order chi connectivity index (χ0) is 15.4. The van der Waals surface area contributed by atoms with Crippen LogP contribution in [0.4, 0.5) is 0 Å².